The molecule has 7 nitrogen and oxygen atoms in total. The van der Waals surface area contributed by atoms with Crippen molar-refractivity contribution in [2.45, 2.75) is 13.5 Å². The van der Waals surface area contributed by atoms with Crippen LogP contribution in [0.25, 0.3) is 6.08 Å². The van der Waals surface area contributed by atoms with Gasteiger partial charge in [0.25, 0.3) is 0 Å². The third kappa shape index (κ3) is 9.46. The van der Waals surface area contributed by atoms with Crippen molar-refractivity contribution < 1.29 is 24.5 Å². The summed E-state index contributed by atoms with van der Waals surface area (Å²) in [4.78, 5) is 23.3. The number of carbonyl (C=O) groups is 2. The average Bonchev–Trinajstić information content (AvgIpc) is 2.78. The molecule has 1 saturated heterocycles. The van der Waals surface area contributed by atoms with Crippen molar-refractivity contribution in [1.29, 1.82) is 0 Å². The number of nitrogens with zero attached hydrogens (tertiary/aromatic N) is 2. The zero-order valence-corrected chi connectivity index (χ0v) is 17.8. The van der Waals surface area contributed by atoms with Gasteiger partial charge >= 0.3 is 11.9 Å². The topological polar surface area (TPSA) is 90.3 Å². The number of carboxylic acids is 2. The van der Waals surface area contributed by atoms with Crippen LogP contribution in [0.4, 0.5) is 0 Å². The van der Waals surface area contributed by atoms with E-state index in [0.29, 0.717) is 0 Å². The van der Waals surface area contributed by atoms with Crippen LogP contribution in [-0.2, 0) is 16.1 Å². The second-order valence-corrected chi connectivity index (χ2v) is 7.08. The quantitative estimate of drug-likeness (QED) is 0.658. The Morgan fingerprint density at radius 2 is 1.48 bits per heavy atom. The van der Waals surface area contributed by atoms with E-state index in [1.807, 2.05) is 6.92 Å². The minimum absolute atomic E-state index is 0.722. The summed E-state index contributed by atoms with van der Waals surface area (Å²) in [5.74, 6) is -2.69. The van der Waals surface area contributed by atoms with E-state index < -0.39 is 11.9 Å². The van der Waals surface area contributed by atoms with Crippen molar-refractivity contribution in [3.8, 4) is 5.75 Å². The van der Waals surface area contributed by atoms with Gasteiger partial charge in [0.2, 0.25) is 0 Å². The van der Waals surface area contributed by atoms with Gasteiger partial charge in [-0.05, 0) is 30.2 Å². The monoisotopic (exact) mass is 426 g/mol. The number of hydrogen-bond donors (Lipinski definition) is 2. The Hall–Kier alpha value is -3.16. The fourth-order valence-corrected chi connectivity index (χ4v) is 3.15. The van der Waals surface area contributed by atoms with Gasteiger partial charge < -0.3 is 14.9 Å². The summed E-state index contributed by atoms with van der Waals surface area (Å²) >= 11 is 0. The number of carboxylic acid groups (broad SMARTS) is 2. The molecule has 1 aliphatic heterocycles. The number of aliphatic carboxylic acids is 2. The molecule has 2 aromatic carbocycles. The zero-order chi connectivity index (χ0) is 22.5. The van der Waals surface area contributed by atoms with Crippen LogP contribution in [0, 0.1) is 0 Å². The van der Waals surface area contributed by atoms with Crippen LogP contribution in [0.1, 0.15) is 18.1 Å². The number of piperazine rings is 1. The summed E-state index contributed by atoms with van der Waals surface area (Å²) in [6, 6.07) is 19.0. The van der Waals surface area contributed by atoms with Crippen LogP contribution in [-0.4, -0.2) is 71.3 Å². The molecule has 0 bridgehead atoms. The molecule has 0 unspecified atom stereocenters. The van der Waals surface area contributed by atoms with Gasteiger partial charge in [0, 0.05) is 39.3 Å². The molecule has 1 aliphatic rings. The predicted molar refractivity (Wildman–Crippen MR) is 120 cm³/mol. The maximum absolute atomic E-state index is 9.10. The molecule has 1 heterocycles. The lowest BCUT2D eigenvalue weighted by Gasteiger charge is -2.34. The summed E-state index contributed by atoms with van der Waals surface area (Å²) in [5.41, 5.74) is 2.64. The second-order valence-electron chi connectivity index (χ2n) is 7.08. The SMILES string of the molecule is CCOc1ccc(CN2CCN(C/C=C/c3ccccc3)CC2)cc1.O=C(O)C(=O)O. The molecule has 0 atom stereocenters. The molecule has 2 N–H and O–H groups in total. The molecule has 7 heteroatoms. The summed E-state index contributed by atoms with van der Waals surface area (Å²) in [5, 5.41) is 14.8. The lowest BCUT2D eigenvalue weighted by Crippen LogP contribution is -2.45. The van der Waals surface area contributed by atoms with Crippen molar-refractivity contribution in [2.75, 3.05) is 39.3 Å². The van der Waals surface area contributed by atoms with Gasteiger partial charge in [-0.3, -0.25) is 9.80 Å². The van der Waals surface area contributed by atoms with Crippen molar-refractivity contribution in [1.82, 2.24) is 9.80 Å². The summed E-state index contributed by atoms with van der Waals surface area (Å²) in [6.07, 6.45) is 4.49. The molecule has 1 fully saturated rings. The van der Waals surface area contributed by atoms with Crippen molar-refractivity contribution >= 4 is 18.0 Å². The van der Waals surface area contributed by atoms with Crippen LogP contribution in [0.3, 0.4) is 0 Å². The fraction of sp³-hybridized carbons (Fsp3) is 0.333. The number of rotatable bonds is 7. The van der Waals surface area contributed by atoms with E-state index in [1.54, 1.807) is 0 Å². The third-order valence-electron chi connectivity index (χ3n) is 4.76. The van der Waals surface area contributed by atoms with E-state index in [9.17, 15) is 0 Å². The zero-order valence-electron chi connectivity index (χ0n) is 17.8. The molecule has 31 heavy (non-hydrogen) atoms. The predicted octanol–water partition coefficient (Wildman–Crippen LogP) is 3.07. The van der Waals surface area contributed by atoms with Gasteiger partial charge in [0.1, 0.15) is 5.75 Å². The molecule has 0 amide bonds. The maximum atomic E-state index is 9.10. The highest BCUT2D eigenvalue weighted by Gasteiger charge is 2.15. The molecule has 0 spiro atoms. The Morgan fingerprint density at radius 3 is 2.03 bits per heavy atom. The van der Waals surface area contributed by atoms with Crippen molar-refractivity contribution in [3.05, 3.63) is 71.8 Å². The van der Waals surface area contributed by atoms with Crippen molar-refractivity contribution in [3.63, 3.8) is 0 Å². The normalized spacial score (nSPS) is 14.6. The molecular weight excluding hydrogens is 396 g/mol. The van der Waals surface area contributed by atoms with Crippen LogP contribution < -0.4 is 4.74 Å². The minimum atomic E-state index is -1.82. The minimum Gasteiger partial charge on any atom is -0.494 e. The van der Waals surface area contributed by atoms with Crippen LogP contribution in [0.5, 0.6) is 5.75 Å². The third-order valence-corrected chi connectivity index (χ3v) is 4.76. The van der Waals surface area contributed by atoms with E-state index in [1.165, 1.54) is 11.1 Å². The Labute approximate surface area is 183 Å². The van der Waals surface area contributed by atoms with E-state index >= 15 is 0 Å². The first-order valence-electron chi connectivity index (χ1n) is 10.3. The molecule has 166 valence electrons. The number of hydrogen-bond acceptors (Lipinski definition) is 5. The Morgan fingerprint density at radius 1 is 0.903 bits per heavy atom. The highest BCUT2D eigenvalue weighted by atomic mass is 16.5. The molecule has 3 rings (SSSR count). The molecule has 0 saturated carbocycles. The Bertz CT molecular complexity index is 817. The first-order valence-corrected chi connectivity index (χ1v) is 10.3. The largest absolute Gasteiger partial charge is 0.494 e. The van der Waals surface area contributed by atoms with Gasteiger partial charge in [-0.15, -0.1) is 0 Å². The average molecular weight is 427 g/mol. The van der Waals surface area contributed by atoms with Gasteiger partial charge in [-0.1, -0.05) is 54.6 Å². The van der Waals surface area contributed by atoms with Gasteiger partial charge in [-0.25, -0.2) is 9.59 Å². The highest BCUT2D eigenvalue weighted by Crippen LogP contribution is 2.14. The van der Waals surface area contributed by atoms with E-state index in [0.717, 1.165) is 51.6 Å². The Balaban J connectivity index is 0.000000501. The van der Waals surface area contributed by atoms with Gasteiger partial charge in [0.15, 0.2) is 0 Å². The molecule has 2 aromatic rings. The smallest absolute Gasteiger partial charge is 0.414 e. The molecule has 0 aliphatic carbocycles. The first kappa shape index (κ1) is 24.1. The number of ether oxygens (including phenoxy) is 1. The van der Waals surface area contributed by atoms with Crippen LogP contribution in [0.15, 0.2) is 60.7 Å². The molecule has 0 aromatic heterocycles. The van der Waals surface area contributed by atoms with E-state index in [4.69, 9.17) is 24.5 Å². The standard InChI is InChI=1S/C22H28N2O.C2H2O4/c1-2-25-22-12-10-21(11-13-22)19-24-17-15-23(16-18-24)14-6-9-20-7-4-3-5-8-20;3-1(4)2(5)6/h3-13H,2,14-19H2,1H3;(H,3,4)(H,5,6)/b9-6+;. The van der Waals surface area contributed by atoms with E-state index in [2.05, 4.69) is 76.5 Å². The summed E-state index contributed by atoms with van der Waals surface area (Å²) < 4.78 is 5.51. The second kappa shape index (κ2) is 13.2. The Kier molecular flexibility index (Phi) is 10.3. The molecular formula is C24H30N2O5. The lowest BCUT2D eigenvalue weighted by atomic mass is 10.2. The fourth-order valence-electron chi connectivity index (χ4n) is 3.15. The van der Waals surface area contributed by atoms with Crippen LogP contribution in [0.2, 0.25) is 0 Å². The summed E-state index contributed by atoms with van der Waals surface area (Å²) in [6.45, 7) is 9.33. The van der Waals surface area contributed by atoms with Gasteiger partial charge in [0.05, 0.1) is 6.61 Å². The van der Waals surface area contributed by atoms with Crippen molar-refractivity contribution in [2.24, 2.45) is 0 Å². The maximum Gasteiger partial charge on any atom is 0.414 e. The van der Waals surface area contributed by atoms with Gasteiger partial charge in [-0.2, -0.15) is 0 Å². The molecule has 0 radical (unpaired) electrons. The van der Waals surface area contributed by atoms with E-state index in [-0.39, 0.29) is 0 Å². The summed E-state index contributed by atoms with van der Waals surface area (Å²) in [7, 11) is 0. The highest BCUT2D eigenvalue weighted by molar-refractivity contribution is 6.27. The lowest BCUT2D eigenvalue weighted by molar-refractivity contribution is -0.159. The van der Waals surface area contributed by atoms with Crippen LogP contribution >= 0.6 is 0 Å². The first-order chi connectivity index (χ1) is 15.0. The number of benzene rings is 2.